The lowest BCUT2D eigenvalue weighted by Crippen LogP contribution is -2.44. The van der Waals surface area contributed by atoms with E-state index in [1.807, 2.05) is 26.8 Å². The van der Waals surface area contributed by atoms with Crippen LogP contribution in [-0.4, -0.2) is 23.9 Å². The van der Waals surface area contributed by atoms with Gasteiger partial charge < -0.3 is 15.1 Å². The van der Waals surface area contributed by atoms with Crippen molar-refractivity contribution in [3.8, 4) is 0 Å². The lowest BCUT2D eigenvalue weighted by Gasteiger charge is -2.23. The van der Waals surface area contributed by atoms with Crippen molar-refractivity contribution in [2.75, 3.05) is 7.05 Å². The fourth-order valence-electron chi connectivity index (χ4n) is 1.45. The predicted octanol–water partition coefficient (Wildman–Crippen LogP) is 1.53. The molecule has 1 aromatic rings. The Bertz CT molecular complexity index is 358. The molecule has 16 heavy (non-hydrogen) atoms. The Morgan fingerprint density at radius 3 is 2.62 bits per heavy atom. The first-order valence-electron chi connectivity index (χ1n) is 5.47. The summed E-state index contributed by atoms with van der Waals surface area (Å²) < 4.78 is 5.18. The monoisotopic (exact) mass is 224 g/mol. The molecule has 0 saturated carbocycles. The van der Waals surface area contributed by atoms with Crippen LogP contribution in [0, 0.1) is 12.8 Å². The zero-order valence-corrected chi connectivity index (χ0v) is 10.4. The average Bonchev–Trinajstić information content (AvgIpc) is 2.62. The molecule has 0 bridgehead atoms. The standard InChI is InChI=1S/C12H20N2O2/c1-8(2)11(13)12(15)14(4)7-10-5-6-16-9(10)3/h5-6,8,11H,7,13H2,1-4H3/t11-/m0/s1. The highest BCUT2D eigenvalue weighted by atomic mass is 16.3. The highest BCUT2D eigenvalue weighted by Crippen LogP contribution is 2.12. The lowest BCUT2D eigenvalue weighted by molar-refractivity contribution is -0.132. The number of aryl methyl sites for hydroxylation is 1. The second kappa shape index (κ2) is 5.16. The third kappa shape index (κ3) is 2.85. The molecular weight excluding hydrogens is 204 g/mol. The van der Waals surface area contributed by atoms with E-state index in [0.717, 1.165) is 11.3 Å². The van der Waals surface area contributed by atoms with Crippen LogP contribution in [0.2, 0.25) is 0 Å². The second-order valence-corrected chi connectivity index (χ2v) is 4.47. The summed E-state index contributed by atoms with van der Waals surface area (Å²) in [5.41, 5.74) is 6.83. The minimum absolute atomic E-state index is 0.0319. The largest absolute Gasteiger partial charge is 0.469 e. The zero-order valence-electron chi connectivity index (χ0n) is 10.4. The number of hydrogen-bond donors (Lipinski definition) is 1. The van der Waals surface area contributed by atoms with Gasteiger partial charge in [0.05, 0.1) is 12.3 Å². The molecule has 2 N–H and O–H groups in total. The molecule has 1 aromatic heterocycles. The number of carbonyl (C=O) groups is 1. The van der Waals surface area contributed by atoms with Crippen molar-refractivity contribution in [1.29, 1.82) is 0 Å². The van der Waals surface area contributed by atoms with Crippen LogP contribution in [0.1, 0.15) is 25.2 Å². The fourth-order valence-corrected chi connectivity index (χ4v) is 1.45. The molecule has 0 aliphatic heterocycles. The van der Waals surface area contributed by atoms with Crippen LogP contribution in [0.15, 0.2) is 16.7 Å². The van der Waals surface area contributed by atoms with Crippen molar-refractivity contribution in [3.63, 3.8) is 0 Å². The number of carbonyl (C=O) groups excluding carboxylic acids is 1. The Labute approximate surface area is 96.4 Å². The first kappa shape index (κ1) is 12.8. The van der Waals surface area contributed by atoms with E-state index < -0.39 is 6.04 Å². The van der Waals surface area contributed by atoms with Gasteiger partial charge in [-0.3, -0.25) is 4.79 Å². The van der Waals surface area contributed by atoms with E-state index >= 15 is 0 Å². The summed E-state index contributed by atoms with van der Waals surface area (Å²) in [5.74, 6) is 0.966. The summed E-state index contributed by atoms with van der Waals surface area (Å²) in [5, 5.41) is 0. The molecule has 0 radical (unpaired) electrons. The first-order valence-corrected chi connectivity index (χ1v) is 5.47. The molecule has 90 valence electrons. The second-order valence-electron chi connectivity index (χ2n) is 4.47. The summed E-state index contributed by atoms with van der Waals surface area (Å²) in [6.45, 7) is 6.32. The van der Waals surface area contributed by atoms with Gasteiger partial charge in [-0.2, -0.15) is 0 Å². The van der Waals surface area contributed by atoms with Crippen LogP contribution < -0.4 is 5.73 Å². The fraction of sp³-hybridized carbons (Fsp3) is 0.583. The van der Waals surface area contributed by atoms with Crippen molar-refractivity contribution in [2.45, 2.75) is 33.4 Å². The Balaban J connectivity index is 2.62. The number of hydrogen-bond acceptors (Lipinski definition) is 3. The van der Waals surface area contributed by atoms with Crippen LogP contribution in [-0.2, 0) is 11.3 Å². The molecule has 0 spiro atoms. The van der Waals surface area contributed by atoms with Crippen LogP contribution >= 0.6 is 0 Å². The lowest BCUT2D eigenvalue weighted by atomic mass is 10.0. The molecule has 1 heterocycles. The van der Waals surface area contributed by atoms with Crippen LogP contribution in [0.5, 0.6) is 0 Å². The highest BCUT2D eigenvalue weighted by molar-refractivity contribution is 5.81. The van der Waals surface area contributed by atoms with E-state index in [4.69, 9.17) is 10.2 Å². The molecule has 0 fully saturated rings. The summed E-state index contributed by atoms with van der Waals surface area (Å²) in [6, 6.07) is 1.44. The molecule has 1 rings (SSSR count). The smallest absolute Gasteiger partial charge is 0.239 e. The summed E-state index contributed by atoms with van der Waals surface area (Å²) in [4.78, 5) is 13.5. The van der Waals surface area contributed by atoms with E-state index in [1.165, 1.54) is 0 Å². The van der Waals surface area contributed by atoms with Gasteiger partial charge in [-0.05, 0) is 18.9 Å². The van der Waals surface area contributed by atoms with Gasteiger partial charge in [0, 0.05) is 19.2 Å². The van der Waals surface area contributed by atoms with Crippen LogP contribution in [0.3, 0.4) is 0 Å². The van der Waals surface area contributed by atoms with Gasteiger partial charge in [0.1, 0.15) is 5.76 Å². The van der Waals surface area contributed by atoms with Crippen molar-refractivity contribution >= 4 is 5.91 Å². The number of nitrogens with zero attached hydrogens (tertiary/aromatic N) is 1. The molecule has 0 aromatic carbocycles. The molecule has 1 amide bonds. The van der Waals surface area contributed by atoms with Crippen molar-refractivity contribution in [2.24, 2.45) is 11.7 Å². The molecule has 4 heteroatoms. The van der Waals surface area contributed by atoms with E-state index in [2.05, 4.69) is 0 Å². The van der Waals surface area contributed by atoms with E-state index in [1.54, 1.807) is 18.2 Å². The van der Waals surface area contributed by atoms with Gasteiger partial charge in [0.15, 0.2) is 0 Å². The highest BCUT2D eigenvalue weighted by Gasteiger charge is 2.21. The van der Waals surface area contributed by atoms with E-state index in [-0.39, 0.29) is 11.8 Å². The molecule has 0 aliphatic rings. The molecule has 0 aliphatic carbocycles. The van der Waals surface area contributed by atoms with Crippen molar-refractivity contribution in [3.05, 3.63) is 23.7 Å². The molecule has 0 saturated heterocycles. The summed E-state index contributed by atoms with van der Waals surface area (Å²) in [6.07, 6.45) is 1.63. The number of furan rings is 1. The molecule has 1 atom stereocenters. The van der Waals surface area contributed by atoms with Crippen LogP contribution in [0.4, 0.5) is 0 Å². The molecule has 4 nitrogen and oxygen atoms in total. The Morgan fingerprint density at radius 2 is 2.19 bits per heavy atom. The quantitative estimate of drug-likeness (QED) is 0.843. The summed E-state index contributed by atoms with van der Waals surface area (Å²) >= 11 is 0. The van der Waals surface area contributed by atoms with Gasteiger partial charge in [0.2, 0.25) is 5.91 Å². The maximum Gasteiger partial charge on any atom is 0.239 e. The number of nitrogens with two attached hydrogens (primary N) is 1. The van der Waals surface area contributed by atoms with Gasteiger partial charge in [-0.15, -0.1) is 0 Å². The average molecular weight is 224 g/mol. The Morgan fingerprint density at radius 1 is 1.56 bits per heavy atom. The third-order valence-corrected chi connectivity index (χ3v) is 2.75. The first-order chi connectivity index (χ1) is 7.43. The van der Waals surface area contributed by atoms with Gasteiger partial charge in [-0.1, -0.05) is 13.8 Å². The SMILES string of the molecule is Cc1occc1CN(C)C(=O)[C@@H](N)C(C)C. The molecule has 0 unspecified atom stereocenters. The predicted molar refractivity (Wildman–Crippen MR) is 62.7 cm³/mol. The van der Waals surface area contributed by atoms with Crippen LogP contribution in [0.25, 0.3) is 0 Å². The van der Waals surface area contributed by atoms with Gasteiger partial charge in [0.25, 0.3) is 0 Å². The number of rotatable bonds is 4. The maximum absolute atomic E-state index is 11.9. The van der Waals surface area contributed by atoms with E-state index in [9.17, 15) is 4.79 Å². The maximum atomic E-state index is 11.9. The van der Waals surface area contributed by atoms with Gasteiger partial charge >= 0.3 is 0 Å². The normalized spacial score (nSPS) is 12.9. The number of amides is 1. The Kier molecular flexibility index (Phi) is 4.12. The minimum atomic E-state index is -0.433. The minimum Gasteiger partial charge on any atom is -0.469 e. The van der Waals surface area contributed by atoms with Gasteiger partial charge in [-0.25, -0.2) is 0 Å². The topological polar surface area (TPSA) is 59.5 Å². The van der Waals surface area contributed by atoms with Crippen molar-refractivity contribution in [1.82, 2.24) is 4.90 Å². The number of likely N-dealkylation sites (N-methyl/N-ethyl adjacent to an activating group) is 1. The van der Waals surface area contributed by atoms with E-state index in [0.29, 0.717) is 6.54 Å². The third-order valence-electron chi connectivity index (χ3n) is 2.75. The van der Waals surface area contributed by atoms with Crippen molar-refractivity contribution < 1.29 is 9.21 Å². The molecular formula is C12H20N2O2. The summed E-state index contributed by atoms with van der Waals surface area (Å²) in [7, 11) is 1.76. The Hall–Kier alpha value is -1.29. The zero-order chi connectivity index (χ0) is 12.3.